The van der Waals surface area contributed by atoms with Crippen molar-refractivity contribution in [2.24, 2.45) is 0 Å². The second kappa shape index (κ2) is 8.35. The van der Waals surface area contributed by atoms with Crippen LogP contribution in [0.3, 0.4) is 0 Å². The van der Waals surface area contributed by atoms with Crippen LogP contribution in [0.15, 0.2) is 6.07 Å². The highest BCUT2D eigenvalue weighted by atomic mass is 16.5. The first-order valence-corrected chi connectivity index (χ1v) is 7.31. The van der Waals surface area contributed by atoms with E-state index in [2.05, 4.69) is 49.1 Å². The van der Waals surface area contributed by atoms with Gasteiger partial charge in [-0.25, -0.2) is 0 Å². The quantitative estimate of drug-likeness (QED) is 0.792. The summed E-state index contributed by atoms with van der Waals surface area (Å²) < 4.78 is 5.08. The van der Waals surface area contributed by atoms with Gasteiger partial charge in [-0.3, -0.25) is 4.98 Å². The van der Waals surface area contributed by atoms with Crippen LogP contribution in [0.1, 0.15) is 35.5 Å². The van der Waals surface area contributed by atoms with E-state index in [0.29, 0.717) is 6.04 Å². The van der Waals surface area contributed by atoms with Crippen molar-refractivity contribution in [3.8, 4) is 0 Å². The van der Waals surface area contributed by atoms with Gasteiger partial charge in [0.25, 0.3) is 0 Å². The highest BCUT2D eigenvalue weighted by Crippen LogP contribution is 2.20. The molecule has 20 heavy (non-hydrogen) atoms. The molecule has 0 radical (unpaired) electrons. The Bertz CT molecular complexity index is 397. The van der Waals surface area contributed by atoms with E-state index in [4.69, 9.17) is 4.74 Å². The number of methoxy groups -OCH3 is 1. The number of hydrogen-bond donors (Lipinski definition) is 1. The van der Waals surface area contributed by atoms with Gasteiger partial charge >= 0.3 is 0 Å². The van der Waals surface area contributed by atoms with Gasteiger partial charge in [-0.15, -0.1) is 0 Å². The number of rotatable bonds is 8. The molecule has 0 aliphatic rings. The molecule has 0 aliphatic heterocycles. The van der Waals surface area contributed by atoms with E-state index in [9.17, 15) is 0 Å². The van der Waals surface area contributed by atoms with Crippen molar-refractivity contribution >= 4 is 0 Å². The molecule has 0 spiro atoms. The Labute approximate surface area is 123 Å². The van der Waals surface area contributed by atoms with Crippen LogP contribution in [0.2, 0.25) is 0 Å². The van der Waals surface area contributed by atoms with Crippen LogP contribution in [0.5, 0.6) is 0 Å². The maximum atomic E-state index is 5.08. The summed E-state index contributed by atoms with van der Waals surface area (Å²) >= 11 is 0. The van der Waals surface area contributed by atoms with Crippen LogP contribution in [-0.2, 0) is 4.74 Å². The molecule has 0 aromatic carbocycles. The van der Waals surface area contributed by atoms with Crippen LogP contribution in [0, 0.1) is 20.8 Å². The third-order valence-electron chi connectivity index (χ3n) is 3.64. The summed E-state index contributed by atoms with van der Waals surface area (Å²) in [6.07, 6.45) is 0. The number of nitrogens with zero attached hydrogens (tertiary/aromatic N) is 2. The van der Waals surface area contributed by atoms with Crippen molar-refractivity contribution in [2.45, 2.75) is 33.7 Å². The molecule has 0 saturated heterocycles. The summed E-state index contributed by atoms with van der Waals surface area (Å²) in [6.45, 7) is 12.3. The SMILES string of the molecule is COCCN(C)CCNC(C)c1c(C)cc(C)nc1C. The number of likely N-dealkylation sites (N-methyl/N-ethyl adjacent to an activating group) is 1. The monoisotopic (exact) mass is 279 g/mol. The summed E-state index contributed by atoms with van der Waals surface area (Å²) in [5.74, 6) is 0. The summed E-state index contributed by atoms with van der Waals surface area (Å²) in [4.78, 5) is 6.85. The molecule has 1 rings (SSSR count). The predicted molar refractivity (Wildman–Crippen MR) is 84.2 cm³/mol. The molecule has 4 heteroatoms. The molecule has 0 bridgehead atoms. The Morgan fingerprint density at radius 1 is 1.30 bits per heavy atom. The fourth-order valence-corrected chi connectivity index (χ4v) is 2.62. The smallest absolute Gasteiger partial charge is 0.0589 e. The van der Waals surface area contributed by atoms with Gasteiger partial charge in [0.1, 0.15) is 0 Å². The number of nitrogens with one attached hydrogen (secondary N) is 1. The van der Waals surface area contributed by atoms with Crippen LogP contribution in [0.4, 0.5) is 0 Å². The Balaban J connectivity index is 2.49. The lowest BCUT2D eigenvalue weighted by Gasteiger charge is -2.21. The second-order valence-corrected chi connectivity index (χ2v) is 5.55. The maximum absolute atomic E-state index is 5.08. The van der Waals surface area contributed by atoms with Crippen molar-refractivity contribution in [3.63, 3.8) is 0 Å². The van der Waals surface area contributed by atoms with Gasteiger partial charge in [0.2, 0.25) is 0 Å². The van der Waals surface area contributed by atoms with E-state index in [0.717, 1.165) is 37.6 Å². The lowest BCUT2D eigenvalue weighted by Crippen LogP contribution is -2.33. The summed E-state index contributed by atoms with van der Waals surface area (Å²) in [5, 5.41) is 3.58. The zero-order valence-electron chi connectivity index (χ0n) is 13.8. The molecular formula is C16H29N3O. The molecule has 0 amide bonds. The molecule has 1 N–H and O–H groups in total. The second-order valence-electron chi connectivity index (χ2n) is 5.55. The van der Waals surface area contributed by atoms with E-state index in [1.807, 2.05) is 6.92 Å². The predicted octanol–water partition coefficient (Wildman–Crippen LogP) is 2.24. The van der Waals surface area contributed by atoms with Crippen LogP contribution < -0.4 is 5.32 Å². The largest absolute Gasteiger partial charge is 0.383 e. The normalized spacial score (nSPS) is 12.9. The lowest BCUT2D eigenvalue weighted by atomic mass is 10.0. The van der Waals surface area contributed by atoms with E-state index in [-0.39, 0.29) is 0 Å². The average Bonchev–Trinajstić information content (AvgIpc) is 2.35. The third-order valence-corrected chi connectivity index (χ3v) is 3.64. The maximum Gasteiger partial charge on any atom is 0.0589 e. The minimum absolute atomic E-state index is 0.332. The van der Waals surface area contributed by atoms with Crippen molar-refractivity contribution in [2.75, 3.05) is 40.4 Å². The fourth-order valence-electron chi connectivity index (χ4n) is 2.62. The molecule has 1 aromatic heterocycles. The van der Waals surface area contributed by atoms with E-state index < -0.39 is 0 Å². The molecular weight excluding hydrogens is 250 g/mol. The highest BCUT2D eigenvalue weighted by molar-refractivity contribution is 5.33. The molecule has 4 nitrogen and oxygen atoms in total. The standard InChI is InChI=1S/C16H29N3O/c1-12-11-13(2)18-15(4)16(12)14(3)17-7-8-19(5)9-10-20-6/h11,14,17H,7-10H2,1-6H3. The summed E-state index contributed by atoms with van der Waals surface area (Å²) in [6, 6.07) is 2.49. The van der Waals surface area contributed by atoms with Crippen molar-refractivity contribution in [3.05, 3.63) is 28.6 Å². The number of pyridine rings is 1. The van der Waals surface area contributed by atoms with Gasteiger partial charge in [0, 0.05) is 44.2 Å². The lowest BCUT2D eigenvalue weighted by molar-refractivity contribution is 0.161. The van der Waals surface area contributed by atoms with Crippen molar-refractivity contribution < 1.29 is 4.74 Å². The van der Waals surface area contributed by atoms with Gasteiger partial charge < -0.3 is 15.0 Å². The number of ether oxygens (including phenoxy) is 1. The molecule has 114 valence electrons. The van der Waals surface area contributed by atoms with Gasteiger partial charge in [-0.2, -0.15) is 0 Å². The third kappa shape index (κ3) is 5.19. The van der Waals surface area contributed by atoms with Crippen LogP contribution in [0.25, 0.3) is 0 Å². The molecule has 1 unspecified atom stereocenters. The zero-order chi connectivity index (χ0) is 15.1. The topological polar surface area (TPSA) is 37.4 Å². The molecule has 1 atom stereocenters. The number of aromatic nitrogens is 1. The zero-order valence-corrected chi connectivity index (χ0v) is 13.8. The molecule has 0 aliphatic carbocycles. The average molecular weight is 279 g/mol. The molecule has 1 aromatic rings. The van der Waals surface area contributed by atoms with Gasteiger partial charge in [-0.05, 0) is 51.9 Å². The molecule has 1 heterocycles. The van der Waals surface area contributed by atoms with Crippen molar-refractivity contribution in [1.29, 1.82) is 0 Å². The fraction of sp³-hybridized carbons (Fsp3) is 0.688. The minimum atomic E-state index is 0.332. The molecule has 0 saturated carbocycles. The first-order chi connectivity index (χ1) is 9.45. The van der Waals surface area contributed by atoms with Gasteiger partial charge in [0.15, 0.2) is 0 Å². The van der Waals surface area contributed by atoms with Crippen molar-refractivity contribution in [1.82, 2.24) is 15.2 Å². The Kier molecular flexibility index (Phi) is 7.13. The first-order valence-electron chi connectivity index (χ1n) is 7.31. The Morgan fingerprint density at radius 3 is 2.60 bits per heavy atom. The van der Waals surface area contributed by atoms with Crippen LogP contribution >= 0.6 is 0 Å². The highest BCUT2D eigenvalue weighted by Gasteiger charge is 2.12. The van der Waals surface area contributed by atoms with E-state index in [1.54, 1.807) is 7.11 Å². The first kappa shape index (κ1) is 17.1. The van der Waals surface area contributed by atoms with Gasteiger partial charge in [-0.1, -0.05) is 0 Å². The van der Waals surface area contributed by atoms with Crippen LogP contribution in [-0.4, -0.2) is 50.3 Å². The minimum Gasteiger partial charge on any atom is -0.383 e. The summed E-state index contributed by atoms with van der Waals surface area (Å²) in [7, 11) is 3.86. The summed E-state index contributed by atoms with van der Waals surface area (Å²) in [5.41, 5.74) is 4.88. The Morgan fingerprint density at radius 2 is 2.00 bits per heavy atom. The number of hydrogen-bond acceptors (Lipinski definition) is 4. The van der Waals surface area contributed by atoms with E-state index >= 15 is 0 Å². The Hall–Kier alpha value is -0.970. The van der Waals surface area contributed by atoms with E-state index in [1.165, 1.54) is 11.1 Å². The number of aryl methyl sites for hydroxylation is 3. The van der Waals surface area contributed by atoms with Gasteiger partial charge in [0.05, 0.1) is 6.61 Å². The molecule has 0 fully saturated rings.